The lowest BCUT2D eigenvalue weighted by Crippen LogP contribution is -2.57. The van der Waals surface area contributed by atoms with Crippen molar-refractivity contribution in [2.24, 2.45) is 11.5 Å². The fourth-order valence-corrected chi connectivity index (χ4v) is 2.96. The van der Waals surface area contributed by atoms with Crippen LogP contribution in [0.4, 0.5) is 0 Å². The number of aliphatic carboxylic acids is 2. The smallest absolute Gasteiger partial charge is 0.325 e. The Labute approximate surface area is 172 Å². The monoisotopic (exact) mass is 429 g/mol. The van der Waals surface area contributed by atoms with E-state index in [1.54, 1.807) is 0 Å². The van der Waals surface area contributed by atoms with E-state index in [9.17, 15) is 28.8 Å². The standard InChI is InChI=1S/C17H27N5O8/c1-8(17(29)30)20-15(27)11-3-2-6-22(11)16(28)10(7-13(24)25)21-14(26)9(18)4-5-12(19)23/h8-11H,2-7,18H2,1H3,(H2,19,23)(H,20,27)(H,21,26)(H,24,25)(H,29,30). The highest BCUT2D eigenvalue weighted by Crippen LogP contribution is 2.19. The van der Waals surface area contributed by atoms with E-state index in [1.807, 2.05) is 0 Å². The first-order valence-electron chi connectivity index (χ1n) is 9.33. The number of nitrogens with zero attached hydrogens (tertiary/aromatic N) is 1. The van der Waals surface area contributed by atoms with Gasteiger partial charge in [0.05, 0.1) is 12.5 Å². The van der Waals surface area contributed by atoms with Gasteiger partial charge in [0.15, 0.2) is 0 Å². The second kappa shape index (κ2) is 11.1. The Kier molecular flexibility index (Phi) is 9.17. The van der Waals surface area contributed by atoms with Crippen LogP contribution in [0.2, 0.25) is 0 Å². The first-order chi connectivity index (χ1) is 13.9. The van der Waals surface area contributed by atoms with Crippen LogP contribution in [0.25, 0.3) is 0 Å². The molecule has 1 aliphatic heterocycles. The van der Waals surface area contributed by atoms with Crippen molar-refractivity contribution in [3.63, 3.8) is 0 Å². The van der Waals surface area contributed by atoms with Crippen molar-refractivity contribution in [2.45, 2.75) is 63.2 Å². The van der Waals surface area contributed by atoms with Gasteiger partial charge >= 0.3 is 11.9 Å². The highest BCUT2D eigenvalue weighted by Gasteiger charge is 2.39. The Hall–Kier alpha value is -3.22. The SMILES string of the molecule is CC(NC(=O)C1CCCN1C(=O)C(CC(=O)O)NC(=O)C(N)CCC(N)=O)C(=O)O. The van der Waals surface area contributed by atoms with Crippen LogP contribution < -0.4 is 22.1 Å². The van der Waals surface area contributed by atoms with Crippen LogP contribution >= 0.6 is 0 Å². The number of carbonyl (C=O) groups is 6. The highest BCUT2D eigenvalue weighted by molar-refractivity contribution is 5.96. The number of nitrogens with two attached hydrogens (primary N) is 2. The molecular formula is C17H27N5O8. The van der Waals surface area contributed by atoms with Gasteiger partial charge in [-0.2, -0.15) is 0 Å². The van der Waals surface area contributed by atoms with Crippen molar-refractivity contribution in [3.05, 3.63) is 0 Å². The number of rotatable bonds is 11. The van der Waals surface area contributed by atoms with Crippen molar-refractivity contribution in [1.82, 2.24) is 15.5 Å². The summed E-state index contributed by atoms with van der Waals surface area (Å²) in [6.45, 7) is 1.40. The minimum absolute atomic E-state index is 0.0863. The molecule has 1 aliphatic rings. The minimum atomic E-state index is -1.49. The number of carboxylic acid groups (broad SMARTS) is 2. The molecular weight excluding hydrogens is 402 g/mol. The van der Waals surface area contributed by atoms with Gasteiger partial charge in [-0.15, -0.1) is 0 Å². The van der Waals surface area contributed by atoms with Crippen LogP contribution in [0.5, 0.6) is 0 Å². The molecule has 0 spiro atoms. The first kappa shape index (κ1) is 24.8. The van der Waals surface area contributed by atoms with Crippen molar-refractivity contribution >= 4 is 35.6 Å². The van der Waals surface area contributed by atoms with Gasteiger partial charge in [-0.3, -0.25) is 28.8 Å². The van der Waals surface area contributed by atoms with Gasteiger partial charge in [0.1, 0.15) is 18.1 Å². The molecule has 0 saturated carbocycles. The third kappa shape index (κ3) is 7.31. The van der Waals surface area contributed by atoms with E-state index in [2.05, 4.69) is 10.6 Å². The van der Waals surface area contributed by atoms with Crippen molar-refractivity contribution in [2.75, 3.05) is 6.54 Å². The molecule has 4 atom stereocenters. The summed E-state index contributed by atoms with van der Waals surface area (Å²) in [7, 11) is 0. The van der Waals surface area contributed by atoms with Crippen molar-refractivity contribution in [1.29, 1.82) is 0 Å². The fourth-order valence-electron chi connectivity index (χ4n) is 2.96. The third-order valence-corrected chi connectivity index (χ3v) is 4.60. The van der Waals surface area contributed by atoms with Crippen LogP contribution in [0.3, 0.4) is 0 Å². The number of carboxylic acids is 2. The number of carbonyl (C=O) groups excluding carboxylic acids is 4. The Morgan fingerprint density at radius 2 is 1.77 bits per heavy atom. The van der Waals surface area contributed by atoms with Crippen LogP contribution in [-0.4, -0.2) is 81.4 Å². The van der Waals surface area contributed by atoms with Gasteiger partial charge in [-0.25, -0.2) is 0 Å². The number of hydrogen-bond acceptors (Lipinski definition) is 7. The van der Waals surface area contributed by atoms with Gasteiger partial charge < -0.3 is 37.2 Å². The summed E-state index contributed by atoms with van der Waals surface area (Å²) >= 11 is 0. The Morgan fingerprint density at radius 3 is 2.30 bits per heavy atom. The molecule has 4 amide bonds. The number of primary amides is 1. The van der Waals surface area contributed by atoms with E-state index in [-0.39, 0.29) is 25.8 Å². The Morgan fingerprint density at radius 1 is 1.13 bits per heavy atom. The summed E-state index contributed by atoms with van der Waals surface area (Å²) in [5.41, 5.74) is 10.6. The molecule has 0 aromatic rings. The largest absolute Gasteiger partial charge is 0.481 e. The summed E-state index contributed by atoms with van der Waals surface area (Å²) < 4.78 is 0. The van der Waals surface area contributed by atoms with Gasteiger partial charge in [0.25, 0.3) is 0 Å². The molecule has 8 N–H and O–H groups in total. The minimum Gasteiger partial charge on any atom is -0.481 e. The average Bonchev–Trinajstić information content (AvgIpc) is 3.14. The average molecular weight is 429 g/mol. The second-order valence-corrected chi connectivity index (χ2v) is 7.03. The summed E-state index contributed by atoms with van der Waals surface area (Å²) in [5, 5.41) is 22.5. The van der Waals surface area contributed by atoms with E-state index in [1.165, 1.54) is 6.92 Å². The third-order valence-electron chi connectivity index (χ3n) is 4.60. The van der Waals surface area contributed by atoms with E-state index in [0.717, 1.165) is 4.90 Å². The Bertz CT molecular complexity index is 712. The molecule has 168 valence electrons. The lowest BCUT2D eigenvalue weighted by molar-refractivity contribution is -0.147. The van der Waals surface area contributed by atoms with Crippen LogP contribution in [-0.2, 0) is 28.8 Å². The zero-order valence-corrected chi connectivity index (χ0v) is 16.5. The predicted octanol–water partition coefficient (Wildman–Crippen LogP) is -2.88. The normalized spacial score (nSPS) is 18.7. The van der Waals surface area contributed by atoms with E-state index in [0.29, 0.717) is 6.42 Å². The van der Waals surface area contributed by atoms with Gasteiger partial charge in [0, 0.05) is 13.0 Å². The van der Waals surface area contributed by atoms with Gasteiger partial charge in [0.2, 0.25) is 23.6 Å². The molecule has 0 aromatic carbocycles. The van der Waals surface area contributed by atoms with Gasteiger partial charge in [-0.1, -0.05) is 0 Å². The van der Waals surface area contributed by atoms with Crippen molar-refractivity contribution < 1.29 is 39.0 Å². The first-order valence-corrected chi connectivity index (χ1v) is 9.33. The summed E-state index contributed by atoms with van der Waals surface area (Å²) in [5.74, 6) is -5.60. The molecule has 4 unspecified atom stereocenters. The summed E-state index contributed by atoms with van der Waals surface area (Å²) in [6, 6.07) is -4.83. The van der Waals surface area contributed by atoms with Crippen LogP contribution in [0, 0.1) is 0 Å². The maximum atomic E-state index is 12.9. The van der Waals surface area contributed by atoms with Crippen LogP contribution in [0.1, 0.15) is 39.0 Å². The molecule has 1 saturated heterocycles. The summed E-state index contributed by atoms with van der Waals surface area (Å²) in [4.78, 5) is 71.5. The Balaban J connectivity index is 2.89. The zero-order chi connectivity index (χ0) is 23.0. The van der Waals surface area contributed by atoms with Gasteiger partial charge in [-0.05, 0) is 26.2 Å². The van der Waals surface area contributed by atoms with E-state index < -0.39 is 66.2 Å². The van der Waals surface area contributed by atoms with Crippen molar-refractivity contribution in [3.8, 4) is 0 Å². The zero-order valence-electron chi connectivity index (χ0n) is 16.5. The predicted molar refractivity (Wildman–Crippen MR) is 101 cm³/mol. The molecule has 0 radical (unpaired) electrons. The van der Waals surface area contributed by atoms with E-state index >= 15 is 0 Å². The highest BCUT2D eigenvalue weighted by atomic mass is 16.4. The van der Waals surface area contributed by atoms with E-state index in [4.69, 9.17) is 21.7 Å². The van der Waals surface area contributed by atoms with Crippen LogP contribution in [0.15, 0.2) is 0 Å². The number of amides is 4. The number of hydrogen-bond donors (Lipinski definition) is 6. The number of likely N-dealkylation sites (tertiary alicyclic amines) is 1. The molecule has 30 heavy (non-hydrogen) atoms. The number of nitrogens with one attached hydrogen (secondary N) is 2. The lowest BCUT2D eigenvalue weighted by Gasteiger charge is -2.29. The fraction of sp³-hybridized carbons (Fsp3) is 0.647. The lowest BCUT2D eigenvalue weighted by atomic mass is 10.1. The maximum absolute atomic E-state index is 12.9. The molecule has 0 bridgehead atoms. The summed E-state index contributed by atoms with van der Waals surface area (Å²) in [6.07, 6.45) is -0.296. The maximum Gasteiger partial charge on any atom is 0.325 e. The molecule has 13 nitrogen and oxygen atoms in total. The molecule has 1 fully saturated rings. The quantitative estimate of drug-likeness (QED) is 0.198. The molecule has 1 heterocycles. The molecule has 0 aliphatic carbocycles. The topological polar surface area (TPSA) is 222 Å². The molecule has 1 rings (SSSR count). The second-order valence-electron chi connectivity index (χ2n) is 7.03. The molecule has 13 heteroatoms. The molecule has 0 aromatic heterocycles.